The van der Waals surface area contributed by atoms with Crippen molar-refractivity contribution in [2.45, 2.75) is 6.54 Å². The molecule has 0 atom stereocenters. The van der Waals surface area contributed by atoms with E-state index in [2.05, 4.69) is 17.1 Å². The van der Waals surface area contributed by atoms with E-state index in [0.717, 1.165) is 16.8 Å². The molecule has 0 aliphatic carbocycles. The molecule has 6 nitrogen and oxygen atoms in total. The van der Waals surface area contributed by atoms with Crippen LogP contribution in [-0.4, -0.2) is 24.3 Å². The molecule has 4 rings (SSSR count). The van der Waals surface area contributed by atoms with E-state index in [1.807, 2.05) is 59.6 Å². The third-order valence-electron chi connectivity index (χ3n) is 4.86. The first-order valence-electron chi connectivity index (χ1n) is 10.4. The predicted octanol–water partition coefficient (Wildman–Crippen LogP) is 5.35. The van der Waals surface area contributed by atoms with Gasteiger partial charge in [0.05, 0.1) is 31.1 Å². The molecule has 164 valence electrons. The number of methoxy groups -OCH3 is 1. The zero-order valence-electron chi connectivity index (χ0n) is 18.2. The van der Waals surface area contributed by atoms with Crippen LogP contribution in [0.15, 0.2) is 108 Å². The highest BCUT2D eigenvalue weighted by Crippen LogP contribution is 2.28. The fraction of sp³-hybridized carbons (Fsp3) is 0.0741. The number of esters is 1. The van der Waals surface area contributed by atoms with Crippen LogP contribution in [0.2, 0.25) is 0 Å². The summed E-state index contributed by atoms with van der Waals surface area (Å²) in [5.41, 5.74) is 3.30. The first kappa shape index (κ1) is 21.8. The van der Waals surface area contributed by atoms with Gasteiger partial charge in [0.15, 0.2) is 11.5 Å². The molecule has 1 heterocycles. The van der Waals surface area contributed by atoms with E-state index in [1.54, 1.807) is 36.7 Å². The van der Waals surface area contributed by atoms with E-state index in [-0.39, 0.29) is 0 Å². The number of hydrogen-bond acceptors (Lipinski definition) is 6. The average molecular weight is 437 g/mol. The maximum absolute atomic E-state index is 12.4. The lowest BCUT2D eigenvalue weighted by molar-refractivity contribution is 0.0729. The van der Waals surface area contributed by atoms with Crippen molar-refractivity contribution < 1.29 is 14.3 Å². The monoisotopic (exact) mass is 437 g/mol. The van der Waals surface area contributed by atoms with Crippen molar-refractivity contribution >= 4 is 17.9 Å². The summed E-state index contributed by atoms with van der Waals surface area (Å²) in [5, 5.41) is 6.64. The van der Waals surface area contributed by atoms with Crippen molar-refractivity contribution in [2.75, 3.05) is 12.1 Å². The van der Waals surface area contributed by atoms with Gasteiger partial charge in [0.1, 0.15) is 0 Å². The number of para-hydroxylation sites is 1. The van der Waals surface area contributed by atoms with Crippen LogP contribution in [0.4, 0.5) is 5.69 Å². The Bertz CT molecular complexity index is 1210. The van der Waals surface area contributed by atoms with E-state index in [1.165, 1.54) is 13.3 Å². The van der Waals surface area contributed by atoms with Crippen LogP contribution in [0.3, 0.4) is 0 Å². The Morgan fingerprint density at radius 2 is 1.70 bits per heavy atom. The van der Waals surface area contributed by atoms with Crippen LogP contribution >= 0.6 is 0 Å². The molecule has 0 N–H and O–H groups in total. The van der Waals surface area contributed by atoms with Crippen LogP contribution in [0, 0.1) is 0 Å². The second kappa shape index (κ2) is 10.7. The van der Waals surface area contributed by atoms with Crippen LogP contribution < -0.4 is 14.5 Å². The number of nitrogens with zero attached hydrogens (tertiary/aromatic N) is 3. The first-order chi connectivity index (χ1) is 16.2. The summed E-state index contributed by atoms with van der Waals surface area (Å²) in [6.45, 7) is 0.624. The summed E-state index contributed by atoms with van der Waals surface area (Å²) in [4.78, 5) is 16.3. The van der Waals surface area contributed by atoms with Crippen LogP contribution in [0.1, 0.15) is 21.5 Å². The Hall–Kier alpha value is -4.45. The Morgan fingerprint density at radius 1 is 0.939 bits per heavy atom. The molecule has 0 bridgehead atoms. The Balaban J connectivity index is 1.54. The maximum Gasteiger partial charge on any atom is 0.345 e. The van der Waals surface area contributed by atoms with Gasteiger partial charge in [-0.3, -0.25) is 9.99 Å². The van der Waals surface area contributed by atoms with Crippen LogP contribution in [0.25, 0.3) is 0 Å². The van der Waals surface area contributed by atoms with E-state index < -0.39 is 5.97 Å². The first-order valence-corrected chi connectivity index (χ1v) is 10.4. The second-order valence-electron chi connectivity index (χ2n) is 7.16. The molecular formula is C27H23N3O3. The molecular weight excluding hydrogens is 414 g/mol. The fourth-order valence-corrected chi connectivity index (χ4v) is 3.18. The van der Waals surface area contributed by atoms with Gasteiger partial charge < -0.3 is 9.47 Å². The standard InChI is InChI=1S/C27H23N3O3/c1-32-26-17-22(14-15-25(26)33-27(31)23-11-8-16-28-19-23)18-29-30(24-12-6-3-7-13-24)20-21-9-4-2-5-10-21/h2-19H,20H2,1H3. The number of hydrogen-bond donors (Lipinski definition) is 0. The van der Waals surface area contributed by atoms with Gasteiger partial charge in [-0.15, -0.1) is 0 Å². The highest BCUT2D eigenvalue weighted by Gasteiger charge is 2.13. The Kier molecular flexibility index (Phi) is 7.08. The van der Waals surface area contributed by atoms with Crippen molar-refractivity contribution in [1.82, 2.24) is 4.98 Å². The van der Waals surface area contributed by atoms with Gasteiger partial charge in [-0.05, 0) is 53.6 Å². The minimum absolute atomic E-state index is 0.327. The molecule has 0 saturated carbocycles. The molecule has 1 aromatic heterocycles. The lowest BCUT2D eigenvalue weighted by atomic mass is 10.2. The normalized spacial score (nSPS) is 10.7. The van der Waals surface area contributed by atoms with Crippen LogP contribution in [-0.2, 0) is 6.54 Å². The number of benzene rings is 3. The largest absolute Gasteiger partial charge is 0.493 e. The smallest absolute Gasteiger partial charge is 0.345 e. The number of rotatable bonds is 8. The number of hydrazone groups is 1. The van der Waals surface area contributed by atoms with Gasteiger partial charge in [-0.1, -0.05) is 48.5 Å². The summed E-state index contributed by atoms with van der Waals surface area (Å²) < 4.78 is 10.9. The second-order valence-corrected chi connectivity index (χ2v) is 7.16. The molecule has 0 aliphatic rings. The zero-order valence-corrected chi connectivity index (χ0v) is 18.2. The van der Waals surface area contributed by atoms with Crippen molar-refractivity contribution in [3.8, 4) is 11.5 Å². The fourth-order valence-electron chi connectivity index (χ4n) is 3.18. The number of ether oxygens (including phenoxy) is 2. The highest BCUT2D eigenvalue weighted by molar-refractivity contribution is 5.91. The Morgan fingerprint density at radius 3 is 2.39 bits per heavy atom. The summed E-state index contributed by atoms with van der Waals surface area (Å²) in [7, 11) is 1.53. The number of carbonyl (C=O) groups excluding carboxylic acids is 1. The molecule has 0 saturated heterocycles. The van der Waals surface area contributed by atoms with Gasteiger partial charge in [0, 0.05) is 12.4 Å². The lowest BCUT2D eigenvalue weighted by Gasteiger charge is -2.19. The van der Waals surface area contributed by atoms with Gasteiger partial charge >= 0.3 is 5.97 Å². The van der Waals surface area contributed by atoms with Crippen molar-refractivity contribution in [2.24, 2.45) is 5.10 Å². The third-order valence-corrected chi connectivity index (χ3v) is 4.86. The van der Waals surface area contributed by atoms with E-state index >= 15 is 0 Å². The maximum atomic E-state index is 12.4. The molecule has 0 spiro atoms. The van der Waals surface area contributed by atoms with Gasteiger partial charge in [0.25, 0.3) is 0 Å². The molecule has 6 heteroatoms. The van der Waals surface area contributed by atoms with Crippen LogP contribution in [0.5, 0.6) is 11.5 Å². The van der Waals surface area contributed by atoms with Gasteiger partial charge in [0.2, 0.25) is 0 Å². The molecule has 3 aromatic carbocycles. The minimum atomic E-state index is -0.499. The Labute approximate surface area is 192 Å². The molecule has 0 aliphatic heterocycles. The van der Waals surface area contributed by atoms with E-state index in [4.69, 9.17) is 14.6 Å². The number of carbonyl (C=O) groups is 1. The molecule has 0 radical (unpaired) electrons. The number of pyridine rings is 1. The van der Waals surface area contributed by atoms with Crippen molar-refractivity contribution in [3.63, 3.8) is 0 Å². The quantitative estimate of drug-likeness (QED) is 0.161. The van der Waals surface area contributed by atoms with E-state index in [0.29, 0.717) is 23.6 Å². The highest BCUT2D eigenvalue weighted by atomic mass is 16.6. The lowest BCUT2D eigenvalue weighted by Crippen LogP contribution is -2.16. The van der Waals surface area contributed by atoms with Gasteiger partial charge in [-0.25, -0.2) is 4.79 Å². The third kappa shape index (κ3) is 5.83. The zero-order chi connectivity index (χ0) is 22.9. The molecule has 0 unspecified atom stereocenters. The topological polar surface area (TPSA) is 64.0 Å². The number of aromatic nitrogens is 1. The van der Waals surface area contributed by atoms with E-state index in [9.17, 15) is 4.79 Å². The molecule has 0 fully saturated rings. The summed E-state index contributed by atoms with van der Waals surface area (Å²) in [5.74, 6) is 0.263. The molecule has 4 aromatic rings. The minimum Gasteiger partial charge on any atom is -0.493 e. The van der Waals surface area contributed by atoms with Gasteiger partial charge in [-0.2, -0.15) is 5.10 Å². The predicted molar refractivity (Wildman–Crippen MR) is 129 cm³/mol. The average Bonchev–Trinajstić information content (AvgIpc) is 2.88. The SMILES string of the molecule is COc1cc(C=NN(Cc2ccccc2)c2ccccc2)ccc1OC(=O)c1cccnc1. The molecule has 0 amide bonds. The van der Waals surface area contributed by atoms with Crippen molar-refractivity contribution in [3.05, 3.63) is 120 Å². The van der Waals surface area contributed by atoms with Crippen molar-refractivity contribution in [1.29, 1.82) is 0 Å². The summed E-state index contributed by atoms with van der Waals surface area (Å²) in [6.07, 6.45) is 4.81. The summed E-state index contributed by atoms with van der Waals surface area (Å²) >= 11 is 0. The molecule has 33 heavy (non-hydrogen) atoms. The number of anilines is 1. The summed E-state index contributed by atoms with van der Waals surface area (Å²) in [6, 6.07) is 28.8.